The lowest BCUT2D eigenvalue weighted by Crippen LogP contribution is -2.40. The Balaban J connectivity index is 2.39. The fraction of sp³-hybridized carbons (Fsp3) is 0.867. The second-order valence-corrected chi connectivity index (χ2v) is 8.16. The second kappa shape index (κ2) is 9.75. The number of hydrogen-bond donors (Lipinski definition) is 2. The predicted molar refractivity (Wildman–Crippen MR) is 93.3 cm³/mol. The van der Waals surface area contributed by atoms with Gasteiger partial charge in [-0.25, -0.2) is 8.42 Å². The number of unbranched alkanes of at least 4 members (excludes halogenated alkanes) is 1. The molecule has 23 heavy (non-hydrogen) atoms. The lowest BCUT2D eigenvalue weighted by molar-refractivity contribution is -0.121. The van der Waals surface area contributed by atoms with E-state index in [0.29, 0.717) is 13.0 Å². The third-order valence-electron chi connectivity index (χ3n) is 3.74. The second-order valence-electron chi connectivity index (χ2n) is 5.93. The van der Waals surface area contributed by atoms with Crippen LogP contribution in [0, 0.1) is 0 Å². The van der Waals surface area contributed by atoms with Crippen LogP contribution in [-0.2, 0) is 14.6 Å². The smallest absolute Gasteiger partial charge is 0.222 e. The van der Waals surface area contributed by atoms with Crippen molar-refractivity contribution in [1.82, 2.24) is 15.5 Å². The van der Waals surface area contributed by atoms with Crippen LogP contribution < -0.4 is 10.6 Å². The van der Waals surface area contributed by atoms with Crippen LogP contribution >= 0.6 is 0 Å². The van der Waals surface area contributed by atoms with Crippen LogP contribution in [0.15, 0.2) is 4.99 Å². The molecule has 1 aliphatic heterocycles. The van der Waals surface area contributed by atoms with E-state index in [-0.39, 0.29) is 29.9 Å². The van der Waals surface area contributed by atoms with E-state index in [0.717, 1.165) is 31.9 Å². The number of guanidine groups is 1. The van der Waals surface area contributed by atoms with Gasteiger partial charge in [0.05, 0.1) is 18.1 Å². The normalized spacial score (nSPS) is 20.3. The van der Waals surface area contributed by atoms with Gasteiger partial charge in [-0.3, -0.25) is 9.79 Å². The number of sulfone groups is 1. The van der Waals surface area contributed by atoms with Crippen molar-refractivity contribution >= 4 is 21.7 Å². The van der Waals surface area contributed by atoms with Crippen molar-refractivity contribution in [2.24, 2.45) is 4.99 Å². The maximum Gasteiger partial charge on any atom is 0.222 e. The molecule has 1 saturated heterocycles. The minimum absolute atomic E-state index is 0.0599. The maximum atomic E-state index is 11.9. The SMILES string of the molecule is CCCCN(C)C(=NCCC(=O)NC1CCS(=O)(=O)C1)NCC. The topological polar surface area (TPSA) is 90.9 Å². The summed E-state index contributed by atoms with van der Waals surface area (Å²) in [5.74, 6) is 0.896. The Morgan fingerprint density at radius 3 is 2.65 bits per heavy atom. The number of hydrogen-bond acceptors (Lipinski definition) is 4. The fourth-order valence-electron chi connectivity index (χ4n) is 2.44. The summed E-state index contributed by atoms with van der Waals surface area (Å²) in [4.78, 5) is 18.4. The maximum absolute atomic E-state index is 11.9. The Morgan fingerprint density at radius 1 is 1.35 bits per heavy atom. The summed E-state index contributed by atoms with van der Waals surface area (Å²) in [5.41, 5.74) is 0. The van der Waals surface area contributed by atoms with Crippen LogP contribution in [0.3, 0.4) is 0 Å². The van der Waals surface area contributed by atoms with Gasteiger partial charge < -0.3 is 15.5 Å². The first-order valence-electron chi connectivity index (χ1n) is 8.37. The highest BCUT2D eigenvalue weighted by Crippen LogP contribution is 2.11. The molecular weight excluding hydrogens is 316 g/mol. The Labute approximate surface area is 139 Å². The molecular formula is C15H30N4O3S. The zero-order valence-corrected chi connectivity index (χ0v) is 15.3. The number of amides is 1. The van der Waals surface area contributed by atoms with E-state index >= 15 is 0 Å². The highest BCUT2D eigenvalue weighted by Gasteiger charge is 2.28. The quantitative estimate of drug-likeness (QED) is 0.490. The van der Waals surface area contributed by atoms with Gasteiger partial charge in [0.1, 0.15) is 0 Å². The van der Waals surface area contributed by atoms with Crippen molar-refractivity contribution < 1.29 is 13.2 Å². The lowest BCUT2D eigenvalue weighted by atomic mass is 10.2. The summed E-state index contributed by atoms with van der Waals surface area (Å²) >= 11 is 0. The average Bonchev–Trinajstić information content (AvgIpc) is 2.82. The molecule has 134 valence electrons. The van der Waals surface area contributed by atoms with E-state index < -0.39 is 9.84 Å². The number of aliphatic imine (C=N–C) groups is 1. The molecule has 7 nitrogen and oxygen atoms in total. The minimum atomic E-state index is -2.96. The van der Waals surface area contributed by atoms with E-state index in [9.17, 15) is 13.2 Å². The first-order chi connectivity index (χ1) is 10.9. The molecule has 0 radical (unpaired) electrons. The third kappa shape index (κ3) is 7.67. The summed E-state index contributed by atoms with van der Waals surface area (Å²) in [6.45, 7) is 6.25. The van der Waals surface area contributed by atoms with Crippen LogP contribution in [0.5, 0.6) is 0 Å². The molecule has 1 unspecified atom stereocenters. The molecule has 0 spiro atoms. The number of rotatable bonds is 8. The molecule has 1 fully saturated rings. The Kier molecular flexibility index (Phi) is 8.36. The predicted octanol–water partition coefficient (Wildman–Crippen LogP) is 0.377. The molecule has 0 aliphatic carbocycles. The summed E-state index contributed by atoms with van der Waals surface area (Å²) in [6.07, 6.45) is 3.00. The molecule has 0 aromatic heterocycles. The van der Waals surface area contributed by atoms with E-state index in [1.807, 2.05) is 14.0 Å². The molecule has 0 aromatic rings. The monoisotopic (exact) mass is 346 g/mol. The molecule has 1 amide bonds. The van der Waals surface area contributed by atoms with Crippen molar-refractivity contribution in [2.75, 3.05) is 38.2 Å². The molecule has 8 heteroatoms. The van der Waals surface area contributed by atoms with Gasteiger partial charge in [-0.2, -0.15) is 0 Å². The van der Waals surface area contributed by atoms with Gasteiger partial charge in [0, 0.05) is 32.6 Å². The van der Waals surface area contributed by atoms with Crippen LogP contribution in [0.25, 0.3) is 0 Å². The van der Waals surface area contributed by atoms with Crippen molar-refractivity contribution in [1.29, 1.82) is 0 Å². The van der Waals surface area contributed by atoms with Crippen molar-refractivity contribution in [3.63, 3.8) is 0 Å². The van der Waals surface area contributed by atoms with E-state index in [1.165, 1.54) is 0 Å². The lowest BCUT2D eigenvalue weighted by Gasteiger charge is -2.21. The average molecular weight is 346 g/mol. The van der Waals surface area contributed by atoms with E-state index in [4.69, 9.17) is 0 Å². The Hall–Kier alpha value is -1.31. The van der Waals surface area contributed by atoms with Gasteiger partial charge in [-0.15, -0.1) is 0 Å². The summed E-state index contributed by atoms with van der Waals surface area (Å²) in [7, 11) is -0.975. The van der Waals surface area contributed by atoms with Crippen molar-refractivity contribution in [3.8, 4) is 0 Å². The largest absolute Gasteiger partial charge is 0.357 e. The summed E-state index contributed by atoms with van der Waals surface area (Å²) in [6, 6.07) is -0.239. The van der Waals surface area contributed by atoms with Crippen LogP contribution in [-0.4, -0.2) is 69.4 Å². The van der Waals surface area contributed by atoms with Crippen molar-refractivity contribution in [3.05, 3.63) is 0 Å². The van der Waals surface area contributed by atoms with Gasteiger partial charge in [-0.1, -0.05) is 13.3 Å². The van der Waals surface area contributed by atoms with Gasteiger partial charge in [-0.05, 0) is 19.8 Å². The van der Waals surface area contributed by atoms with Crippen LogP contribution in [0.4, 0.5) is 0 Å². The first-order valence-corrected chi connectivity index (χ1v) is 10.2. The standard InChI is InChI=1S/C15H30N4O3S/c1-4-6-10-19(3)15(16-5-2)17-9-7-14(20)18-13-8-11-23(21,22)12-13/h13H,4-12H2,1-3H3,(H,16,17)(H,18,20). The van der Waals surface area contributed by atoms with E-state index in [2.05, 4.69) is 27.4 Å². The minimum Gasteiger partial charge on any atom is -0.357 e. The summed E-state index contributed by atoms with van der Waals surface area (Å²) in [5, 5.41) is 6.00. The van der Waals surface area contributed by atoms with Gasteiger partial charge in [0.15, 0.2) is 15.8 Å². The van der Waals surface area contributed by atoms with Gasteiger partial charge in [0.2, 0.25) is 5.91 Å². The van der Waals surface area contributed by atoms with E-state index in [1.54, 1.807) is 0 Å². The molecule has 2 N–H and O–H groups in total. The molecule has 0 aromatic carbocycles. The number of nitrogens with one attached hydrogen (secondary N) is 2. The number of nitrogens with zero attached hydrogens (tertiary/aromatic N) is 2. The molecule has 1 heterocycles. The highest BCUT2D eigenvalue weighted by atomic mass is 32.2. The van der Waals surface area contributed by atoms with Gasteiger partial charge >= 0.3 is 0 Å². The Morgan fingerprint density at radius 2 is 2.09 bits per heavy atom. The number of carbonyl (C=O) groups excluding carboxylic acids is 1. The molecule has 0 saturated carbocycles. The Bertz CT molecular complexity index is 505. The van der Waals surface area contributed by atoms with Crippen molar-refractivity contribution in [2.45, 2.75) is 45.6 Å². The zero-order valence-electron chi connectivity index (χ0n) is 14.5. The van der Waals surface area contributed by atoms with Gasteiger partial charge in [0.25, 0.3) is 0 Å². The molecule has 1 atom stereocenters. The zero-order chi connectivity index (χ0) is 17.3. The van der Waals surface area contributed by atoms with Crippen LogP contribution in [0.1, 0.15) is 39.5 Å². The van der Waals surface area contributed by atoms with Crippen LogP contribution in [0.2, 0.25) is 0 Å². The first kappa shape index (κ1) is 19.7. The third-order valence-corrected chi connectivity index (χ3v) is 5.51. The molecule has 1 aliphatic rings. The summed E-state index contributed by atoms with van der Waals surface area (Å²) < 4.78 is 22.7. The number of carbonyl (C=O) groups is 1. The molecule has 1 rings (SSSR count). The molecule has 0 bridgehead atoms. The highest BCUT2D eigenvalue weighted by molar-refractivity contribution is 7.91. The fourth-order valence-corrected chi connectivity index (χ4v) is 4.12.